The Morgan fingerprint density at radius 1 is 1.22 bits per heavy atom. The van der Waals surface area contributed by atoms with Crippen molar-refractivity contribution in [1.29, 1.82) is 0 Å². The van der Waals surface area contributed by atoms with Gasteiger partial charge in [-0.25, -0.2) is 4.79 Å². The van der Waals surface area contributed by atoms with Gasteiger partial charge in [0.05, 0.1) is 5.69 Å². The van der Waals surface area contributed by atoms with Crippen LogP contribution in [0.25, 0.3) is 16.8 Å². The maximum Gasteiger partial charge on any atom is 0.410 e. The van der Waals surface area contributed by atoms with E-state index in [1.54, 1.807) is 4.90 Å². The molecule has 3 rings (SSSR count). The van der Waals surface area contributed by atoms with Crippen molar-refractivity contribution >= 4 is 17.4 Å². The van der Waals surface area contributed by atoms with E-state index in [2.05, 4.69) is 42.2 Å². The molecule has 1 aliphatic rings. The van der Waals surface area contributed by atoms with E-state index in [-0.39, 0.29) is 6.09 Å². The van der Waals surface area contributed by atoms with Gasteiger partial charge in [-0.15, -0.1) is 0 Å². The number of aromatic nitrogens is 1. The number of ether oxygens (including phenoxy) is 1. The average molecular weight is 367 g/mol. The van der Waals surface area contributed by atoms with Crippen LogP contribution in [0.3, 0.4) is 0 Å². The number of aromatic amines is 1. The van der Waals surface area contributed by atoms with Gasteiger partial charge in [-0.2, -0.15) is 0 Å². The molecule has 0 unspecified atom stereocenters. The number of carbonyl (C=O) groups is 1. The maximum absolute atomic E-state index is 12.2. The number of aryl methyl sites for hydroxylation is 1. The Balaban J connectivity index is 1.68. The third-order valence-corrected chi connectivity index (χ3v) is 4.71. The number of H-pyrrole nitrogens is 1. The minimum atomic E-state index is -0.463. The summed E-state index contributed by atoms with van der Waals surface area (Å²) < 4.78 is 5.45. The highest BCUT2D eigenvalue weighted by atomic mass is 16.6. The van der Waals surface area contributed by atoms with E-state index in [1.165, 1.54) is 11.1 Å². The Kier molecular flexibility index (Phi) is 5.31. The second kappa shape index (κ2) is 7.51. The second-order valence-corrected chi connectivity index (χ2v) is 7.95. The van der Waals surface area contributed by atoms with Crippen molar-refractivity contribution in [2.45, 2.75) is 46.1 Å². The van der Waals surface area contributed by atoms with E-state index < -0.39 is 5.60 Å². The summed E-state index contributed by atoms with van der Waals surface area (Å²) in [6, 6.07) is 10.5. The number of nitrogen functional groups attached to an aromatic ring is 1. The fraction of sp³-hybridized carbons (Fsp3) is 0.409. The molecular weight excluding hydrogens is 338 g/mol. The van der Waals surface area contributed by atoms with Crippen molar-refractivity contribution in [3.63, 3.8) is 0 Å². The van der Waals surface area contributed by atoms with Crippen molar-refractivity contribution in [1.82, 2.24) is 9.88 Å². The van der Waals surface area contributed by atoms with Crippen molar-refractivity contribution in [3.05, 3.63) is 47.7 Å². The molecule has 0 saturated carbocycles. The predicted molar refractivity (Wildman–Crippen MR) is 110 cm³/mol. The van der Waals surface area contributed by atoms with E-state index in [4.69, 9.17) is 10.5 Å². The van der Waals surface area contributed by atoms with Gasteiger partial charge in [-0.05, 0) is 56.4 Å². The van der Waals surface area contributed by atoms with Crippen LogP contribution < -0.4 is 5.73 Å². The SMILES string of the molecule is CCc1[nH]c(-c2ccc(C3=CCN(C(=O)OC(C)(C)C)CC3)cc2)cc1N. The molecule has 0 aliphatic carbocycles. The Bertz CT molecular complexity index is 841. The minimum Gasteiger partial charge on any atom is -0.444 e. The quantitative estimate of drug-likeness (QED) is 0.814. The minimum absolute atomic E-state index is 0.246. The fourth-order valence-electron chi connectivity index (χ4n) is 3.25. The van der Waals surface area contributed by atoms with Crippen molar-refractivity contribution < 1.29 is 9.53 Å². The van der Waals surface area contributed by atoms with Gasteiger partial charge in [0.15, 0.2) is 0 Å². The van der Waals surface area contributed by atoms with Crippen LogP contribution in [0, 0.1) is 0 Å². The smallest absolute Gasteiger partial charge is 0.410 e. The molecule has 5 nitrogen and oxygen atoms in total. The first-order chi connectivity index (χ1) is 12.8. The standard InChI is InChI=1S/C22H29N3O2/c1-5-19-18(23)14-20(24-19)17-8-6-15(7-9-17)16-10-12-25(13-11-16)21(26)27-22(2,3)4/h6-10,14,24H,5,11-13,23H2,1-4H3. The van der Waals surface area contributed by atoms with E-state index >= 15 is 0 Å². The van der Waals surface area contributed by atoms with Crippen LogP contribution >= 0.6 is 0 Å². The Morgan fingerprint density at radius 2 is 1.89 bits per heavy atom. The summed E-state index contributed by atoms with van der Waals surface area (Å²) in [5, 5.41) is 0. The highest BCUT2D eigenvalue weighted by Gasteiger charge is 2.23. The Morgan fingerprint density at radius 3 is 2.41 bits per heavy atom. The number of nitrogens with zero attached hydrogens (tertiary/aromatic N) is 1. The summed E-state index contributed by atoms with van der Waals surface area (Å²) in [4.78, 5) is 17.3. The molecule has 0 bridgehead atoms. The summed E-state index contributed by atoms with van der Waals surface area (Å²) in [5.74, 6) is 0. The number of benzene rings is 1. The van der Waals surface area contributed by atoms with E-state index in [0.717, 1.165) is 35.5 Å². The third-order valence-electron chi connectivity index (χ3n) is 4.71. The molecule has 27 heavy (non-hydrogen) atoms. The number of carbonyl (C=O) groups excluding carboxylic acids is 1. The maximum atomic E-state index is 12.2. The number of nitrogens with two attached hydrogens (primary N) is 1. The van der Waals surface area contributed by atoms with Crippen LogP contribution in [0.15, 0.2) is 36.4 Å². The summed E-state index contributed by atoms with van der Waals surface area (Å²) in [6.45, 7) is 9.01. The number of hydrogen-bond donors (Lipinski definition) is 2. The molecule has 1 aliphatic heterocycles. The Labute approximate surface area is 161 Å². The summed E-state index contributed by atoms with van der Waals surface area (Å²) in [7, 11) is 0. The van der Waals surface area contributed by atoms with Gasteiger partial charge >= 0.3 is 6.09 Å². The van der Waals surface area contributed by atoms with Gasteiger partial charge < -0.3 is 20.4 Å². The van der Waals surface area contributed by atoms with Gasteiger partial charge in [-0.3, -0.25) is 0 Å². The lowest BCUT2D eigenvalue weighted by atomic mass is 9.98. The summed E-state index contributed by atoms with van der Waals surface area (Å²) in [5.41, 5.74) is 12.1. The largest absolute Gasteiger partial charge is 0.444 e. The molecule has 2 aromatic rings. The normalized spacial score (nSPS) is 14.8. The molecule has 5 heteroatoms. The topological polar surface area (TPSA) is 71.3 Å². The number of nitrogens with one attached hydrogen (secondary N) is 1. The molecule has 1 aromatic carbocycles. The monoisotopic (exact) mass is 367 g/mol. The summed E-state index contributed by atoms with van der Waals surface area (Å²) >= 11 is 0. The van der Waals surface area contributed by atoms with Crippen LogP contribution in [0.4, 0.5) is 10.5 Å². The summed E-state index contributed by atoms with van der Waals surface area (Å²) in [6.07, 6.45) is 3.59. The van der Waals surface area contributed by atoms with Crippen molar-refractivity contribution in [2.75, 3.05) is 18.8 Å². The first-order valence-electron chi connectivity index (χ1n) is 9.52. The molecule has 1 amide bonds. The van der Waals surface area contributed by atoms with Gasteiger partial charge in [0.25, 0.3) is 0 Å². The average Bonchev–Trinajstić information content (AvgIpc) is 3.01. The van der Waals surface area contributed by atoms with Crippen LogP contribution in [0.2, 0.25) is 0 Å². The van der Waals surface area contributed by atoms with Gasteiger partial charge in [0, 0.05) is 24.5 Å². The highest BCUT2D eigenvalue weighted by Crippen LogP contribution is 2.28. The first-order valence-corrected chi connectivity index (χ1v) is 9.52. The molecule has 0 spiro atoms. The zero-order chi connectivity index (χ0) is 19.6. The molecule has 0 radical (unpaired) electrons. The molecule has 144 valence electrons. The van der Waals surface area contributed by atoms with E-state index in [1.807, 2.05) is 26.8 Å². The van der Waals surface area contributed by atoms with Crippen molar-refractivity contribution in [3.8, 4) is 11.3 Å². The molecule has 3 N–H and O–H groups in total. The molecule has 0 saturated heterocycles. The number of rotatable bonds is 3. The second-order valence-electron chi connectivity index (χ2n) is 7.95. The predicted octanol–water partition coefficient (Wildman–Crippen LogP) is 4.85. The zero-order valence-electron chi connectivity index (χ0n) is 16.6. The molecule has 1 aromatic heterocycles. The first kappa shape index (κ1) is 19.1. The van der Waals surface area contributed by atoms with Crippen LogP contribution in [-0.4, -0.2) is 34.7 Å². The van der Waals surface area contributed by atoms with Crippen LogP contribution in [0.5, 0.6) is 0 Å². The zero-order valence-corrected chi connectivity index (χ0v) is 16.6. The van der Waals surface area contributed by atoms with Gasteiger partial charge in [0.2, 0.25) is 0 Å². The number of hydrogen-bond acceptors (Lipinski definition) is 3. The number of anilines is 1. The highest BCUT2D eigenvalue weighted by molar-refractivity contribution is 5.74. The number of amides is 1. The lowest BCUT2D eigenvalue weighted by molar-refractivity contribution is 0.0270. The lowest BCUT2D eigenvalue weighted by Gasteiger charge is -2.29. The van der Waals surface area contributed by atoms with E-state index in [0.29, 0.717) is 13.1 Å². The van der Waals surface area contributed by atoms with Gasteiger partial charge in [-0.1, -0.05) is 37.3 Å². The molecule has 0 atom stereocenters. The van der Waals surface area contributed by atoms with Crippen LogP contribution in [0.1, 0.15) is 45.4 Å². The molecule has 2 heterocycles. The van der Waals surface area contributed by atoms with E-state index in [9.17, 15) is 4.79 Å². The third kappa shape index (κ3) is 4.54. The fourth-order valence-corrected chi connectivity index (χ4v) is 3.25. The van der Waals surface area contributed by atoms with Crippen molar-refractivity contribution in [2.24, 2.45) is 0 Å². The molecular formula is C22H29N3O2. The van der Waals surface area contributed by atoms with Crippen LogP contribution in [-0.2, 0) is 11.2 Å². The molecule has 0 fully saturated rings. The van der Waals surface area contributed by atoms with Gasteiger partial charge in [0.1, 0.15) is 5.60 Å². The lowest BCUT2D eigenvalue weighted by Crippen LogP contribution is -2.39. The Hall–Kier alpha value is -2.69.